The molecule has 0 saturated carbocycles. The maximum Gasteiger partial charge on any atom is 0.305 e. The van der Waals surface area contributed by atoms with E-state index in [0.717, 1.165) is 28.9 Å². The van der Waals surface area contributed by atoms with Gasteiger partial charge in [0.2, 0.25) is 5.91 Å². The molecule has 4 rings (SSSR count). The number of nitrogens with one attached hydrogen (secondary N) is 2. The number of thiol groups is 1. The van der Waals surface area contributed by atoms with Crippen molar-refractivity contribution in [2.45, 2.75) is 49.3 Å². The number of benzene rings is 3. The van der Waals surface area contributed by atoms with Crippen molar-refractivity contribution in [3.05, 3.63) is 101 Å². The summed E-state index contributed by atoms with van der Waals surface area (Å²) < 4.78 is 0. The maximum atomic E-state index is 13.5. The van der Waals surface area contributed by atoms with Crippen molar-refractivity contribution in [2.75, 3.05) is 11.9 Å². The van der Waals surface area contributed by atoms with Crippen molar-refractivity contribution < 1.29 is 19.5 Å². The second kappa shape index (κ2) is 13.1. The van der Waals surface area contributed by atoms with E-state index in [1.807, 2.05) is 48.5 Å². The highest BCUT2D eigenvalue weighted by atomic mass is 32.1. The van der Waals surface area contributed by atoms with Crippen LogP contribution in [0.1, 0.15) is 65.1 Å². The number of carboxylic acids is 1. The lowest BCUT2D eigenvalue weighted by molar-refractivity contribution is -0.136. The fraction of sp³-hybridized carbons (Fsp3) is 0.258. The molecule has 0 aromatic heterocycles. The predicted molar refractivity (Wildman–Crippen MR) is 153 cm³/mol. The number of carboxylic acid groups (broad SMARTS) is 1. The summed E-state index contributed by atoms with van der Waals surface area (Å²) in [6.45, 7) is 0.0680. The van der Waals surface area contributed by atoms with E-state index in [0.29, 0.717) is 17.7 Å². The molecule has 1 aliphatic carbocycles. The van der Waals surface area contributed by atoms with Crippen molar-refractivity contribution in [3.8, 4) is 0 Å². The zero-order valence-corrected chi connectivity index (χ0v) is 22.0. The van der Waals surface area contributed by atoms with Gasteiger partial charge in [0, 0.05) is 22.7 Å². The Balaban J connectivity index is 1.52. The zero-order valence-electron chi connectivity index (χ0n) is 21.2. The normalized spacial score (nSPS) is 13.8. The Bertz CT molecular complexity index is 1320. The fourth-order valence-electron chi connectivity index (χ4n) is 4.62. The predicted octanol–water partition coefficient (Wildman–Crippen LogP) is 6.10. The number of allylic oxidation sites excluding steroid dienone is 2. The molecule has 1 atom stereocenters. The third-order valence-electron chi connectivity index (χ3n) is 6.69. The summed E-state index contributed by atoms with van der Waals surface area (Å²) in [6.07, 6.45) is 7.27. The number of amides is 2. The van der Waals surface area contributed by atoms with Gasteiger partial charge in [-0.25, -0.2) is 0 Å². The molecule has 0 bridgehead atoms. The highest BCUT2D eigenvalue weighted by Crippen LogP contribution is 2.30. The topological polar surface area (TPSA) is 95.5 Å². The van der Waals surface area contributed by atoms with Crippen LogP contribution in [-0.4, -0.2) is 29.4 Å². The number of aliphatic carboxylic acids is 1. The van der Waals surface area contributed by atoms with Crippen LogP contribution in [0.4, 0.5) is 5.69 Å². The quantitative estimate of drug-likeness (QED) is 0.239. The highest BCUT2D eigenvalue weighted by Gasteiger charge is 2.22. The molecule has 6 nitrogen and oxygen atoms in total. The van der Waals surface area contributed by atoms with Gasteiger partial charge >= 0.3 is 5.97 Å². The van der Waals surface area contributed by atoms with Crippen LogP contribution in [0, 0.1) is 0 Å². The van der Waals surface area contributed by atoms with Gasteiger partial charge in [0.1, 0.15) is 0 Å². The highest BCUT2D eigenvalue weighted by molar-refractivity contribution is 7.80. The number of carbonyl (C=O) groups excluding carboxylic acids is 2. The van der Waals surface area contributed by atoms with Gasteiger partial charge in [-0.05, 0) is 84.7 Å². The Morgan fingerprint density at radius 1 is 0.947 bits per heavy atom. The summed E-state index contributed by atoms with van der Waals surface area (Å²) in [5.41, 5.74) is 5.52. The Morgan fingerprint density at radius 3 is 2.37 bits per heavy atom. The molecule has 196 valence electrons. The first-order chi connectivity index (χ1) is 18.4. The second-order valence-electron chi connectivity index (χ2n) is 9.49. The molecule has 1 unspecified atom stereocenters. The molecule has 3 N–H and O–H groups in total. The van der Waals surface area contributed by atoms with Crippen LogP contribution in [0.25, 0.3) is 5.57 Å². The lowest BCUT2D eigenvalue weighted by Crippen LogP contribution is -2.26. The lowest BCUT2D eigenvalue weighted by atomic mass is 9.88. The summed E-state index contributed by atoms with van der Waals surface area (Å²) in [7, 11) is 0. The van der Waals surface area contributed by atoms with Crippen LogP contribution in [0.2, 0.25) is 0 Å². The van der Waals surface area contributed by atoms with Gasteiger partial charge in [0.15, 0.2) is 0 Å². The monoisotopic (exact) mass is 528 g/mol. The maximum absolute atomic E-state index is 13.5. The second-order valence-corrected chi connectivity index (χ2v) is 10.0. The Kier molecular flexibility index (Phi) is 9.38. The largest absolute Gasteiger partial charge is 0.481 e. The molecule has 0 spiro atoms. The number of anilines is 1. The van der Waals surface area contributed by atoms with E-state index in [9.17, 15) is 14.4 Å². The summed E-state index contributed by atoms with van der Waals surface area (Å²) in [6, 6.07) is 22.7. The fourth-order valence-corrected chi connectivity index (χ4v) is 4.84. The van der Waals surface area contributed by atoms with Gasteiger partial charge in [-0.2, -0.15) is 0 Å². The smallest absolute Gasteiger partial charge is 0.305 e. The minimum absolute atomic E-state index is 0.0680. The molecule has 7 heteroatoms. The minimum atomic E-state index is -0.963. The summed E-state index contributed by atoms with van der Waals surface area (Å²) >= 11 is 4.38. The third-order valence-corrected chi connectivity index (χ3v) is 6.96. The third kappa shape index (κ3) is 7.59. The number of rotatable bonds is 10. The van der Waals surface area contributed by atoms with Crippen LogP contribution in [0.15, 0.2) is 83.8 Å². The SMILES string of the molecule is O=C(O)CCNC(=O)c1ccc(CC(C(=O)Nc2cccc(S)c2)c2ccc(C3=CCCCC3)cc2)cc1. The molecule has 0 radical (unpaired) electrons. The van der Waals surface area contributed by atoms with Gasteiger partial charge in [0.05, 0.1) is 12.3 Å². The molecule has 2 amide bonds. The average Bonchev–Trinajstić information content (AvgIpc) is 2.92. The molecular formula is C31H32N2O4S. The first-order valence-corrected chi connectivity index (χ1v) is 13.3. The first kappa shape index (κ1) is 27.2. The number of hydrogen-bond acceptors (Lipinski definition) is 4. The van der Waals surface area contributed by atoms with Crippen molar-refractivity contribution in [1.29, 1.82) is 0 Å². The van der Waals surface area contributed by atoms with Crippen LogP contribution >= 0.6 is 12.6 Å². The number of carbonyl (C=O) groups is 3. The van der Waals surface area contributed by atoms with Crippen molar-refractivity contribution in [1.82, 2.24) is 5.32 Å². The van der Waals surface area contributed by atoms with Gasteiger partial charge in [-0.3, -0.25) is 14.4 Å². The van der Waals surface area contributed by atoms with Crippen molar-refractivity contribution in [3.63, 3.8) is 0 Å². The summed E-state index contributed by atoms with van der Waals surface area (Å²) in [5.74, 6) is -1.85. The number of hydrogen-bond donors (Lipinski definition) is 4. The molecule has 0 fully saturated rings. The van der Waals surface area contributed by atoms with Gasteiger partial charge < -0.3 is 15.7 Å². The van der Waals surface area contributed by atoms with Gasteiger partial charge in [-0.1, -0.05) is 48.5 Å². The van der Waals surface area contributed by atoms with E-state index < -0.39 is 11.9 Å². The zero-order chi connectivity index (χ0) is 26.9. The van der Waals surface area contributed by atoms with E-state index in [4.69, 9.17) is 5.11 Å². The van der Waals surface area contributed by atoms with Crippen LogP contribution in [0.5, 0.6) is 0 Å². The van der Waals surface area contributed by atoms with E-state index in [1.165, 1.54) is 24.0 Å². The standard InChI is InChI=1S/C31H32N2O4S/c34-29(35)17-18-32-30(36)25-11-9-21(10-12-25)19-28(31(37)33-26-7-4-8-27(38)20-26)24-15-13-23(14-16-24)22-5-2-1-3-6-22/h4-5,7-16,20,28,38H,1-3,6,17-19H2,(H,32,36)(H,33,37)(H,34,35). The molecule has 3 aromatic carbocycles. The Morgan fingerprint density at radius 2 is 1.71 bits per heavy atom. The van der Waals surface area contributed by atoms with E-state index in [2.05, 4.69) is 41.5 Å². The van der Waals surface area contributed by atoms with Gasteiger partial charge in [0.25, 0.3) is 5.91 Å². The van der Waals surface area contributed by atoms with E-state index in [1.54, 1.807) is 12.1 Å². The van der Waals surface area contributed by atoms with Gasteiger partial charge in [-0.15, -0.1) is 12.6 Å². The van der Waals surface area contributed by atoms with E-state index >= 15 is 0 Å². The molecule has 3 aromatic rings. The Hall–Kier alpha value is -3.84. The molecule has 0 aliphatic heterocycles. The average molecular weight is 529 g/mol. The molecule has 0 saturated heterocycles. The molecule has 0 heterocycles. The summed E-state index contributed by atoms with van der Waals surface area (Å²) in [4.78, 5) is 37.3. The molecular weight excluding hydrogens is 496 g/mol. The van der Waals surface area contributed by atoms with E-state index in [-0.39, 0.29) is 24.8 Å². The summed E-state index contributed by atoms with van der Waals surface area (Å²) in [5, 5.41) is 14.4. The van der Waals surface area contributed by atoms with Crippen molar-refractivity contribution in [2.24, 2.45) is 0 Å². The first-order valence-electron chi connectivity index (χ1n) is 12.9. The molecule has 1 aliphatic rings. The lowest BCUT2D eigenvalue weighted by Gasteiger charge is -2.19. The van der Waals surface area contributed by atoms with Crippen LogP contribution < -0.4 is 10.6 Å². The minimum Gasteiger partial charge on any atom is -0.481 e. The molecule has 38 heavy (non-hydrogen) atoms. The van der Waals surface area contributed by atoms with Crippen LogP contribution in [-0.2, 0) is 16.0 Å². The van der Waals surface area contributed by atoms with Crippen LogP contribution in [0.3, 0.4) is 0 Å². The Labute approximate surface area is 228 Å². The van der Waals surface area contributed by atoms with Crippen molar-refractivity contribution >= 4 is 41.7 Å².